The van der Waals surface area contributed by atoms with E-state index in [1.807, 2.05) is 0 Å². The van der Waals surface area contributed by atoms with Crippen LogP contribution in [0.2, 0.25) is 0 Å². The standard InChI is InChI=1S/C18H20N2O13S2/c21-15(11-32-34(27,28)17-5-1-3-13(7-17)19(23)24)9-31-10-16(22)12-33-35(29,30)18-6-2-4-14(8-18)20(25)26/h1-8,15-16,21-22H,9-12H2. The zero-order valence-electron chi connectivity index (χ0n) is 17.7. The summed E-state index contributed by atoms with van der Waals surface area (Å²) in [5, 5.41) is 41.1. The topological polar surface area (TPSA) is 223 Å². The number of aliphatic hydroxyl groups is 2. The van der Waals surface area contributed by atoms with Gasteiger partial charge in [-0.05, 0) is 12.1 Å². The monoisotopic (exact) mass is 536 g/mol. The van der Waals surface area contributed by atoms with Gasteiger partial charge in [-0.15, -0.1) is 0 Å². The van der Waals surface area contributed by atoms with Gasteiger partial charge in [0.15, 0.2) is 0 Å². The quantitative estimate of drug-likeness (QED) is 0.189. The first kappa shape index (κ1) is 28.2. The van der Waals surface area contributed by atoms with Crippen molar-refractivity contribution in [2.45, 2.75) is 22.0 Å². The van der Waals surface area contributed by atoms with Gasteiger partial charge in [0.25, 0.3) is 31.6 Å². The summed E-state index contributed by atoms with van der Waals surface area (Å²) in [7, 11) is -8.82. The van der Waals surface area contributed by atoms with Crippen molar-refractivity contribution in [1.82, 2.24) is 0 Å². The highest BCUT2D eigenvalue weighted by molar-refractivity contribution is 7.87. The summed E-state index contributed by atoms with van der Waals surface area (Å²) in [4.78, 5) is 19.0. The first-order chi connectivity index (χ1) is 16.3. The predicted molar refractivity (Wildman–Crippen MR) is 115 cm³/mol. The lowest BCUT2D eigenvalue weighted by atomic mass is 10.3. The number of nitro groups is 2. The Balaban J connectivity index is 1.78. The molecule has 0 radical (unpaired) electrons. The van der Waals surface area contributed by atoms with Crippen LogP contribution in [0.1, 0.15) is 0 Å². The summed E-state index contributed by atoms with van der Waals surface area (Å²) in [6, 6.07) is 8.20. The maximum atomic E-state index is 12.1. The highest BCUT2D eigenvalue weighted by Gasteiger charge is 2.22. The molecular weight excluding hydrogens is 516 g/mol. The Labute approximate surface area is 199 Å². The molecule has 0 fully saturated rings. The number of ether oxygens (including phenoxy) is 1. The van der Waals surface area contributed by atoms with E-state index in [4.69, 9.17) is 4.74 Å². The SMILES string of the molecule is O=[N+]([O-])c1cccc(S(=O)(=O)OCC(O)COCC(O)COS(=O)(=O)c2cccc([N+](=O)[O-])c2)c1. The van der Waals surface area contributed by atoms with E-state index in [1.165, 1.54) is 0 Å². The predicted octanol–water partition coefficient (Wildman–Crippen LogP) is 0.352. The normalized spacial score (nSPS) is 13.8. The van der Waals surface area contributed by atoms with E-state index in [0.29, 0.717) is 0 Å². The Kier molecular flexibility index (Phi) is 9.72. The van der Waals surface area contributed by atoms with Gasteiger partial charge in [-0.3, -0.25) is 28.6 Å². The first-order valence-electron chi connectivity index (χ1n) is 9.53. The highest BCUT2D eigenvalue weighted by atomic mass is 32.2. The van der Waals surface area contributed by atoms with Gasteiger partial charge in [-0.2, -0.15) is 16.8 Å². The summed E-state index contributed by atoms with van der Waals surface area (Å²) in [5.41, 5.74) is -0.940. The van der Waals surface area contributed by atoms with Crippen LogP contribution in [0.4, 0.5) is 11.4 Å². The van der Waals surface area contributed by atoms with Crippen molar-refractivity contribution in [2.24, 2.45) is 0 Å². The van der Waals surface area contributed by atoms with Crippen LogP contribution < -0.4 is 0 Å². The maximum Gasteiger partial charge on any atom is 0.297 e. The van der Waals surface area contributed by atoms with Crippen molar-refractivity contribution in [3.05, 3.63) is 68.8 Å². The van der Waals surface area contributed by atoms with E-state index in [2.05, 4.69) is 8.37 Å². The zero-order valence-corrected chi connectivity index (χ0v) is 19.3. The lowest BCUT2D eigenvalue weighted by Gasteiger charge is -2.15. The van der Waals surface area contributed by atoms with Gasteiger partial charge >= 0.3 is 0 Å². The average molecular weight is 536 g/mol. The minimum atomic E-state index is -4.41. The van der Waals surface area contributed by atoms with Crippen molar-refractivity contribution >= 4 is 31.6 Å². The molecule has 2 N–H and O–H groups in total. The number of hydrogen-bond acceptors (Lipinski definition) is 13. The number of nitrogens with zero attached hydrogens (tertiary/aromatic N) is 2. The number of aliphatic hydroxyl groups excluding tert-OH is 2. The van der Waals surface area contributed by atoms with E-state index in [9.17, 15) is 47.3 Å². The van der Waals surface area contributed by atoms with E-state index >= 15 is 0 Å². The van der Waals surface area contributed by atoms with Gasteiger partial charge in [0.05, 0.1) is 36.3 Å². The third-order valence-electron chi connectivity index (χ3n) is 4.09. The van der Waals surface area contributed by atoms with Crippen LogP contribution >= 0.6 is 0 Å². The van der Waals surface area contributed by atoms with Gasteiger partial charge < -0.3 is 14.9 Å². The molecule has 0 bridgehead atoms. The Bertz CT molecular complexity index is 1170. The molecule has 0 aromatic heterocycles. The third kappa shape index (κ3) is 8.58. The molecular formula is C18H20N2O13S2. The summed E-state index contributed by atoms with van der Waals surface area (Å²) < 4.78 is 62.7. The zero-order chi connectivity index (χ0) is 26.2. The summed E-state index contributed by atoms with van der Waals surface area (Å²) >= 11 is 0. The minimum absolute atomic E-state index is 0.470. The van der Waals surface area contributed by atoms with E-state index < -0.39 is 89.9 Å². The molecule has 0 spiro atoms. The molecule has 2 aromatic carbocycles. The molecule has 0 saturated carbocycles. The molecule has 192 valence electrons. The molecule has 0 heterocycles. The van der Waals surface area contributed by atoms with Crippen LogP contribution in [0.15, 0.2) is 58.3 Å². The average Bonchev–Trinajstić information content (AvgIpc) is 2.81. The molecule has 35 heavy (non-hydrogen) atoms. The van der Waals surface area contributed by atoms with E-state index in [0.717, 1.165) is 48.5 Å². The fraction of sp³-hybridized carbons (Fsp3) is 0.333. The smallest absolute Gasteiger partial charge is 0.297 e. The van der Waals surface area contributed by atoms with Crippen LogP contribution in [-0.2, 0) is 33.3 Å². The maximum absolute atomic E-state index is 12.1. The lowest BCUT2D eigenvalue weighted by molar-refractivity contribution is -0.385. The second-order valence-electron chi connectivity index (χ2n) is 6.83. The van der Waals surface area contributed by atoms with Crippen molar-refractivity contribution in [3.63, 3.8) is 0 Å². The minimum Gasteiger partial charge on any atom is -0.388 e. The van der Waals surface area contributed by atoms with Crippen molar-refractivity contribution in [1.29, 1.82) is 0 Å². The van der Waals surface area contributed by atoms with Crippen LogP contribution in [0.25, 0.3) is 0 Å². The fourth-order valence-corrected chi connectivity index (χ4v) is 4.38. The fourth-order valence-electron chi connectivity index (χ4n) is 2.41. The second-order valence-corrected chi connectivity index (χ2v) is 10.1. The van der Waals surface area contributed by atoms with Crippen LogP contribution in [-0.4, -0.2) is 75.5 Å². The molecule has 17 heteroatoms. The lowest BCUT2D eigenvalue weighted by Crippen LogP contribution is -2.28. The van der Waals surface area contributed by atoms with Crippen LogP contribution in [0.5, 0.6) is 0 Å². The molecule has 2 rings (SSSR count). The molecule has 0 aliphatic rings. The summed E-state index contributed by atoms with van der Waals surface area (Å²) in [5.74, 6) is 0. The van der Waals surface area contributed by atoms with E-state index in [-0.39, 0.29) is 0 Å². The molecule has 2 unspecified atom stereocenters. The van der Waals surface area contributed by atoms with Crippen LogP contribution in [0, 0.1) is 20.2 Å². The number of nitro benzene ring substituents is 2. The Morgan fingerprint density at radius 3 is 1.43 bits per heavy atom. The van der Waals surface area contributed by atoms with E-state index in [1.54, 1.807) is 0 Å². The van der Waals surface area contributed by atoms with Gasteiger partial charge in [0.1, 0.15) is 22.0 Å². The van der Waals surface area contributed by atoms with Gasteiger partial charge in [-0.1, -0.05) is 12.1 Å². The van der Waals surface area contributed by atoms with Crippen molar-refractivity contribution in [2.75, 3.05) is 26.4 Å². The Morgan fingerprint density at radius 2 is 1.09 bits per heavy atom. The molecule has 0 aliphatic carbocycles. The van der Waals surface area contributed by atoms with Crippen LogP contribution in [0.3, 0.4) is 0 Å². The number of non-ortho nitro benzene ring substituents is 2. The van der Waals surface area contributed by atoms with Crippen molar-refractivity contribution < 1.29 is 50.0 Å². The molecule has 0 amide bonds. The first-order valence-corrected chi connectivity index (χ1v) is 12.3. The number of benzene rings is 2. The highest BCUT2D eigenvalue weighted by Crippen LogP contribution is 2.20. The summed E-state index contributed by atoms with van der Waals surface area (Å²) in [6.07, 6.45) is -2.96. The molecule has 2 atom stereocenters. The third-order valence-corrected chi connectivity index (χ3v) is 6.64. The largest absolute Gasteiger partial charge is 0.388 e. The molecule has 2 aromatic rings. The Morgan fingerprint density at radius 1 is 0.714 bits per heavy atom. The summed E-state index contributed by atoms with van der Waals surface area (Å²) in [6.45, 7) is -2.56. The van der Waals surface area contributed by atoms with Gasteiger partial charge in [-0.25, -0.2) is 0 Å². The molecule has 15 nitrogen and oxygen atoms in total. The molecule has 0 aliphatic heterocycles. The Hall–Kier alpha value is -3.06. The van der Waals surface area contributed by atoms with Gasteiger partial charge in [0, 0.05) is 24.3 Å². The van der Waals surface area contributed by atoms with Crippen molar-refractivity contribution in [3.8, 4) is 0 Å². The second kappa shape index (κ2) is 12.1. The van der Waals surface area contributed by atoms with Gasteiger partial charge in [0.2, 0.25) is 0 Å². The molecule has 0 saturated heterocycles. The number of hydrogen-bond donors (Lipinski definition) is 2. The number of rotatable bonds is 14.